The van der Waals surface area contributed by atoms with Gasteiger partial charge in [-0.25, -0.2) is 0 Å². The molecule has 0 radical (unpaired) electrons. The van der Waals surface area contributed by atoms with Gasteiger partial charge in [0.1, 0.15) is 5.75 Å². The summed E-state index contributed by atoms with van der Waals surface area (Å²) < 4.78 is 5.34. The first-order valence-corrected chi connectivity index (χ1v) is 9.68. The van der Waals surface area contributed by atoms with Crippen LogP contribution in [0.4, 0.5) is 0 Å². The zero-order valence-corrected chi connectivity index (χ0v) is 19.9. The highest BCUT2D eigenvalue weighted by molar-refractivity contribution is 14.0. The van der Waals surface area contributed by atoms with E-state index in [1.165, 1.54) is 0 Å². The van der Waals surface area contributed by atoms with Crippen molar-refractivity contribution in [1.29, 1.82) is 0 Å². The van der Waals surface area contributed by atoms with Crippen LogP contribution in [0.5, 0.6) is 5.75 Å². The maximum absolute atomic E-state index is 10.8. The number of benzene rings is 1. The fraction of sp³-hybridized carbons (Fsp3) is 0.600. The van der Waals surface area contributed by atoms with E-state index in [2.05, 4.69) is 41.3 Å². The summed E-state index contributed by atoms with van der Waals surface area (Å²) in [5, 5.41) is 6.74. The molecule has 0 aromatic heterocycles. The second-order valence-electron chi connectivity index (χ2n) is 6.54. The van der Waals surface area contributed by atoms with Gasteiger partial charge in [-0.3, -0.25) is 9.79 Å². The van der Waals surface area contributed by atoms with Gasteiger partial charge in [-0.05, 0) is 57.1 Å². The van der Waals surface area contributed by atoms with Crippen molar-refractivity contribution in [1.82, 2.24) is 15.5 Å². The quantitative estimate of drug-likeness (QED) is 0.231. The molecule has 0 heterocycles. The molecule has 1 atom stereocenters. The Morgan fingerprint density at radius 3 is 2.64 bits per heavy atom. The van der Waals surface area contributed by atoms with Crippen LogP contribution in [0.3, 0.4) is 0 Å². The van der Waals surface area contributed by atoms with Crippen LogP contribution in [0, 0.1) is 0 Å². The maximum Gasteiger partial charge on any atom is 0.255 e. The van der Waals surface area contributed by atoms with Crippen molar-refractivity contribution in [3.05, 3.63) is 29.8 Å². The van der Waals surface area contributed by atoms with Crippen molar-refractivity contribution in [3.63, 3.8) is 0 Å². The second kappa shape index (κ2) is 15.4. The van der Waals surface area contributed by atoms with Gasteiger partial charge in [0, 0.05) is 19.6 Å². The monoisotopic (exact) mass is 505 g/mol. The number of carbonyl (C=O) groups is 1. The zero-order valence-electron chi connectivity index (χ0n) is 17.5. The van der Waals surface area contributed by atoms with E-state index in [0.717, 1.165) is 44.0 Å². The van der Waals surface area contributed by atoms with Crippen LogP contribution in [0.25, 0.3) is 0 Å². The van der Waals surface area contributed by atoms with E-state index in [9.17, 15) is 4.79 Å². The lowest BCUT2D eigenvalue weighted by molar-refractivity contribution is -0.119. The molecule has 0 bridgehead atoms. The average Bonchev–Trinajstić information content (AvgIpc) is 2.67. The van der Waals surface area contributed by atoms with Crippen molar-refractivity contribution in [2.75, 3.05) is 33.3 Å². The summed E-state index contributed by atoms with van der Waals surface area (Å²) in [5.41, 5.74) is 6.14. The third kappa shape index (κ3) is 11.3. The van der Waals surface area contributed by atoms with Gasteiger partial charge in [0.15, 0.2) is 12.6 Å². The van der Waals surface area contributed by atoms with Crippen LogP contribution in [0.2, 0.25) is 0 Å². The first-order valence-electron chi connectivity index (χ1n) is 9.68. The molecule has 160 valence electrons. The Hall–Kier alpha value is -1.55. The number of nitrogens with zero attached hydrogens (tertiary/aromatic N) is 2. The number of carbonyl (C=O) groups excluding carboxylic acids is 1. The van der Waals surface area contributed by atoms with Gasteiger partial charge in [-0.1, -0.05) is 26.0 Å². The lowest BCUT2D eigenvalue weighted by Gasteiger charge is -2.21. The largest absolute Gasteiger partial charge is 0.484 e. The molecular weight excluding hydrogens is 469 g/mol. The van der Waals surface area contributed by atoms with E-state index in [0.29, 0.717) is 18.3 Å². The van der Waals surface area contributed by atoms with Crippen molar-refractivity contribution in [2.24, 2.45) is 10.7 Å². The molecule has 1 aromatic carbocycles. The number of nitrogens with one attached hydrogen (secondary N) is 2. The molecule has 0 aliphatic rings. The number of nitrogens with two attached hydrogens (primary N) is 1. The number of primary amides is 1. The van der Waals surface area contributed by atoms with Gasteiger partial charge < -0.3 is 26.0 Å². The smallest absolute Gasteiger partial charge is 0.255 e. The Labute approximate surface area is 186 Å². The number of hydrogen-bond acceptors (Lipinski definition) is 4. The number of hydrogen-bond donors (Lipinski definition) is 3. The normalized spacial score (nSPS) is 12.2. The summed E-state index contributed by atoms with van der Waals surface area (Å²) in [5.74, 6) is 0.910. The SMILES string of the molecule is CCN(CC)CCCC(C)NC(=NC)NCc1cccc(OCC(N)=O)c1.I. The molecule has 0 saturated carbocycles. The molecule has 0 aliphatic carbocycles. The predicted molar refractivity (Wildman–Crippen MR) is 126 cm³/mol. The third-order valence-corrected chi connectivity index (χ3v) is 4.35. The van der Waals surface area contributed by atoms with E-state index in [4.69, 9.17) is 10.5 Å². The summed E-state index contributed by atoms with van der Waals surface area (Å²) in [6.45, 7) is 10.4. The molecule has 0 fully saturated rings. The van der Waals surface area contributed by atoms with Gasteiger partial charge in [0.05, 0.1) is 0 Å². The highest BCUT2D eigenvalue weighted by atomic mass is 127. The molecule has 1 aromatic rings. The van der Waals surface area contributed by atoms with E-state index in [-0.39, 0.29) is 30.6 Å². The van der Waals surface area contributed by atoms with Crippen molar-refractivity contribution in [2.45, 2.75) is 46.2 Å². The fourth-order valence-corrected chi connectivity index (χ4v) is 2.75. The van der Waals surface area contributed by atoms with E-state index in [1.807, 2.05) is 18.2 Å². The van der Waals surface area contributed by atoms with Crippen LogP contribution in [0.15, 0.2) is 29.3 Å². The number of ether oxygens (including phenoxy) is 1. The minimum absolute atomic E-state index is 0. The molecule has 28 heavy (non-hydrogen) atoms. The zero-order chi connectivity index (χ0) is 20.1. The lowest BCUT2D eigenvalue weighted by Crippen LogP contribution is -2.42. The first-order chi connectivity index (χ1) is 13.0. The van der Waals surface area contributed by atoms with Crippen LogP contribution in [-0.4, -0.2) is 56.1 Å². The molecular formula is C20H36IN5O2. The van der Waals surface area contributed by atoms with Gasteiger partial charge in [-0.15, -0.1) is 24.0 Å². The summed E-state index contributed by atoms with van der Waals surface area (Å²) in [6, 6.07) is 7.91. The third-order valence-electron chi connectivity index (χ3n) is 4.35. The summed E-state index contributed by atoms with van der Waals surface area (Å²) in [7, 11) is 1.77. The number of guanidine groups is 1. The van der Waals surface area contributed by atoms with Crippen molar-refractivity contribution >= 4 is 35.8 Å². The maximum atomic E-state index is 10.8. The number of rotatable bonds is 12. The number of amides is 1. The molecule has 4 N–H and O–H groups in total. The van der Waals surface area contributed by atoms with Gasteiger partial charge in [0.2, 0.25) is 0 Å². The molecule has 8 heteroatoms. The Bertz CT molecular complexity index is 594. The molecule has 0 saturated heterocycles. The molecule has 1 rings (SSSR count). The molecule has 1 unspecified atom stereocenters. The van der Waals surface area contributed by atoms with E-state index >= 15 is 0 Å². The minimum Gasteiger partial charge on any atom is -0.484 e. The molecule has 1 amide bonds. The topological polar surface area (TPSA) is 92.0 Å². The highest BCUT2D eigenvalue weighted by Gasteiger charge is 2.07. The summed E-state index contributed by atoms with van der Waals surface area (Å²) in [6.07, 6.45) is 2.25. The number of halogens is 1. The van der Waals surface area contributed by atoms with Crippen LogP contribution >= 0.6 is 24.0 Å². The number of aliphatic imine (C=N–C) groups is 1. The highest BCUT2D eigenvalue weighted by Crippen LogP contribution is 2.13. The standard InChI is InChI=1S/C20H35N5O2.HI/c1-5-25(6-2)12-8-9-16(3)24-20(22-4)23-14-17-10-7-11-18(13-17)27-15-19(21)26;/h7,10-11,13,16H,5-6,8-9,12,14-15H2,1-4H3,(H2,21,26)(H2,22,23,24);1H. The van der Waals surface area contributed by atoms with Gasteiger partial charge in [-0.2, -0.15) is 0 Å². The van der Waals surface area contributed by atoms with E-state index < -0.39 is 5.91 Å². The Morgan fingerprint density at radius 2 is 2.04 bits per heavy atom. The molecule has 0 aliphatic heterocycles. The van der Waals surface area contributed by atoms with Gasteiger partial charge >= 0.3 is 0 Å². The minimum atomic E-state index is -0.488. The van der Waals surface area contributed by atoms with E-state index in [1.54, 1.807) is 13.1 Å². The van der Waals surface area contributed by atoms with Crippen molar-refractivity contribution in [3.8, 4) is 5.75 Å². The molecule has 7 nitrogen and oxygen atoms in total. The second-order valence-corrected chi connectivity index (χ2v) is 6.54. The van der Waals surface area contributed by atoms with Crippen LogP contribution in [-0.2, 0) is 11.3 Å². The van der Waals surface area contributed by atoms with Gasteiger partial charge in [0.25, 0.3) is 5.91 Å². The van der Waals surface area contributed by atoms with Crippen molar-refractivity contribution < 1.29 is 9.53 Å². The summed E-state index contributed by atoms with van der Waals surface area (Å²) >= 11 is 0. The molecule has 0 spiro atoms. The Morgan fingerprint density at radius 1 is 1.32 bits per heavy atom. The fourth-order valence-electron chi connectivity index (χ4n) is 2.75. The van der Waals surface area contributed by atoms with Crippen LogP contribution in [0.1, 0.15) is 39.2 Å². The summed E-state index contributed by atoms with van der Waals surface area (Å²) in [4.78, 5) is 17.5. The predicted octanol–water partition coefficient (Wildman–Crippen LogP) is 2.34. The average molecular weight is 505 g/mol. The Balaban J connectivity index is 0.00000729. The lowest BCUT2D eigenvalue weighted by atomic mass is 10.2. The van der Waals surface area contributed by atoms with Crippen LogP contribution < -0.4 is 21.1 Å². The first kappa shape index (κ1) is 26.4. The Kier molecular flexibility index (Phi) is 14.5.